The zero-order valence-electron chi connectivity index (χ0n) is 16.3. The molecule has 7 heteroatoms. The summed E-state index contributed by atoms with van der Waals surface area (Å²) in [6.07, 6.45) is 6.91. The molecular weight excluding hydrogens is 382 g/mol. The summed E-state index contributed by atoms with van der Waals surface area (Å²) in [5, 5.41) is 20.6. The molecule has 0 saturated heterocycles. The molecule has 7 nitrogen and oxygen atoms in total. The van der Waals surface area contributed by atoms with E-state index in [-0.39, 0.29) is 12.5 Å². The molecule has 4 aromatic rings. The van der Waals surface area contributed by atoms with Crippen LogP contribution in [0.2, 0.25) is 0 Å². The summed E-state index contributed by atoms with van der Waals surface area (Å²) in [6.45, 7) is -0.218. The largest absolute Gasteiger partial charge is 0.495 e. The number of methoxy groups -OCH3 is 1. The highest BCUT2D eigenvalue weighted by Gasteiger charge is 2.21. The van der Waals surface area contributed by atoms with E-state index in [0.29, 0.717) is 22.4 Å². The fourth-order valence-corrected chi connectivity index (χ4v) is 3.32. The van der Waals surface area contributed by atoms with Gasteiger partial charge in [0, 0.05) is 5.56 Å². The van der Waals surface area contributed by atoms with E-state index in [1.807, 2.05) is 48.6 Å². The van der Waals surface area contributed by atoms with Crippen molar-refractivity contribution in [3.63, 3.8) is 0 Å². The normalized spacial score (nSPS) is 12.3. The van der Waals surface area contributed by atoms with Gasteiger partial charge >= 0.3 is 0 Å². The number of furan rings is 1. The molecule has 0 bridgehead atoms. The predicted molar refractivity (Wildman–Crippen MR) is 114 cm³/mol. The van der Waals surface area contributed by atoms with Crippen LogP contribution < -0.4 is 10.1 Å². The van der Waals surface area contributed by atoms with Crippen molar-refractivity contribution in [2.45, 2.75) is 6.04 Å². The second-order valence-corrected chi connectivity index (χ2v) is 6.69. The summed E-state index contributed by atoms with van der Waals surface area (Å²) < 4.78 is 10.7. The van der Waals surface area contributed by atoms with Crippen molar-refractivity contribution >= 4 is 29.0 Å². The first-order valence-corrected chi connectivity index (χ1v) is 9.43. The summed E-state index contributed by atoms with van der Waals surface area (Å²) in [6, 6.07) is 14.1. The molecule has 2 heterocycles. The van der Waals surface area contributed by atoms with Crippen molar-refractivity contribution in [1.82, 2.24) is 15.5 Å². The number of nitrogens with zero attached hydrogens (tertiary/aromatic N) is 1. The predicted octanol–water partition coefficient (Wildman–Crippen LogP) is 3.80. The number of aromatic nitrogens is 2. The summed E-state index contributed by atoms with van der Waals surface area (Å²) >= 11 is 0. The molecule has 0 aliphatic heterocycles. The van der Waals surface area contributed by atoms with Crippen LogP contribution in [-0.4, -0.2) is 34.9 Å². The number of nitrogens with one attached hydrogen (secondary N) is 2. The molecule has 0 radical (unpaired) electrons. The van der Waals surface area contributed by atoms with Gasteiger partial charge in [-0.3, -0.25) is 9.89 Å². The average molecular weight is 403 g/mol. The lowest BCUT2D eigenvalue weighted by molar-refractivity contribution is 0.0913. The number of benzene rings is 2. The lowest BCUT2D eigenvalue weighted by Crippen LogP contribution is -2.31. The van der Waals surface area contributed by atoms with Crippen LogP contribution in [0, 0.1) is 0 Å². The summed E-state index contributed by atoms with van der Waals surface area (Å²) in [5.41, 5.74) is 3.46. The Morgan fingerprint density at radius 1 is 1.23 bits per heavy atom. The van der Waals surface area contributed by atoms with E-state index in [1.165, 1.54) is 7.11 Å². The number of hydrogen-bond acceptors (Lipinski definition) is 5. The Hall–Kier alpha value is -3.84. The first-order valence-electron chi connectivity index (χ1n) is 9.43. The molecule has 0 fully saturated rings. The van der Waals surface area contributed by atoms with Crippen LogP contribution in [0.15, 0.2) is 65.5 Å². The van der Waals surface area contributed by atoms with Gasteiger partial charge in [-0.2, -0.15) is 5.10 Å². The van der Waals surface area contributed by atoms with Gasteiger partial charge in [-0.15, -0.1) is 0 Å². The van der Waals surface area contributed by atoms with E-state index in [1.54, 1.807) is 24.7 Å². The van der Waals surface area contributed by atoms with Crippen LogP contribution in [-0.2, 0) is 0 Å². The number of carbonyl (C=O) groups is 1. The number of aliphatic hydroxyl groups is 1. The summed E-state index contributed by atoms with van der Waals surface area (Å²) in [5.74, 6) is 0.0676. The van der Waals surface area contributed by atoms with Crippen LogP contribution >= 0.6 is 0 Å². The van der Waals surface area contributed by atoms with Gasteiger partial charge in [0.1, 0.15) is 5.75 Å². The zero-order chi connectivity index (χ0) is 20.9. The molecular formula is C23H21N3O4. The van der Waals surface area contributed by atoms with Gasteiger partial charge in [-0.05, 0) is 35.9 Å². The Morgan fingerprint density at radius 3 is 2.77 bits per heavy atom. The van der Waals surface area contributed by atoms with E-state index < -0.39 is 6.04 Å². The van der Waals surface area contributed by atoms with Gasteiger partial charge in [0.25, 0.3) is 5.91 Å². The maximum Gasteiger partial charge on any atom is 0.255 e. The highest BCUT2D eigenvalue weighted by molar-refractivity contribution is 6.05. The Kier molecular flexibility index (Phi) is 5.63. The lowest BCUT2D eigenvalue weighted by atomic mass is 10.0. The topological polar surface area (TPSA) is 100 Å². The van der Waals surface area contributed by atoms with Crippen LogP contribution in [0.3, 0.4) is 0 Å². The minimum absolute atomic E-state index is 0.218. The Morgan fingerprint density at radius 2 is 2.07 bits per heavy atom. The summed E-state index contributed by atoms with van der Waals surface area (Å²) in [7, 11) is 1.52. The SMILES string of the molecule is COc1c(C(=O)N[C@H](CO)c2ccccc2)ccc2[nH]nc(C=Cc3ccoc3)c12. The molecule has 3 N–H and O–H groups in total. The second-order valence-electron chi connectivity index (χ2n) is 6.69. The Balaban J connectivity index is 1.68. The second kappa shape index (κ2) is 8.67. The molecule has 0 saturated carbocycles. The van der Waals surface area contributed by atoms with Crippen LogP contribution in [0.25, 0.3) is 23.1 Å². The van der Waals surface area contributed by atoms with Crippen LogP contribution in [0.4, 0.5) is 0 Å². The molecule has 2 aromatic carbocycles. The fourth-order valence-electron chi connectivity index (χ4n) is 3.32. The molecule has 2 aromatic heterocycles. The monoisotopic (exact) mass is 403 g/mol. The zero-order valence-corrected chi connectivity index (χ0v) is 16.3. The molecule has 0 aliphatic rings. The third-order valence-corrected chi connectivity index (χ3v) is 4.83. The third-order valence-electron chi connectivity index (χ3n) is 4.83. The van der Waals surface area contributed by atoms with Crippen molar-refractivity contribution in [3.05, 3.63) is 83.4 Å². The number of H-pyrrole nitrogens is 1. The molecule has 1 amide bonds. The third kappa shape index (κ3) is 3.83. The number of carbonyl (C=O) groups excluding carboxylic acids is 1. The number of aliphatic hydroxyl groups excluding tert-OH is 1. The Bertz CT molecular complexity index is 1160. The van der Waals surface area contributed by atoms with Crippen molar-refractivity contribution in [3.8, 4) is 5.75 Å². The summed E-state index contributed by atoms with van der Waals surface area (Å²) in [4.78, 5) is 13.0. The first kappa shape index (κ1) is 19.5. The number of rotatable bonds is 7. The first-order chi connectivity index (χ1) is 14.7. The number of amides is 1. The number of hydrogen-bond donors (Lipinski definition) is 3. The highest BCUT2D eigenvalue weighted by atomic mass is 16.5. The Labute approximate surface area is 173 Å². The minimum atomic E-state index is -0.524. The van der Waals surface area contributed by atoms with Gasteiger partial charge in [-0.25, -0.2) is 0 Å². The average Bonchev–Trinajstić information content (AvgIpc) is 3.45. The number of ether oxygens (including phenoxy) is 1. The van der Waals surface area contributed by atoms with Crippen molar-refractivity contribution in [2.24, 2.45) is 0 Å². The van der Waals surface area contributed by atoms with Gasteiger partial charge in [0.15, 0.2) is 0 Å². The van der Waals surface area contributed by atoms with E-state index in [0.717, 1.165) is 16.6 Å². The fraction of sp³-hybridized carbons (Fsp3) is 0.130. The van der Waals surface area contributed by atoms with Crippen LogP contribution in [0.1, 0.15) is 33.2 Å². The number of fused-ring (bicyclic) bond motifs is 1. The maximum atomic E-state index is 13.0. The van der Waals surface area contributed by atoms with Gasteiger partial charge < -0.3 is 19.6 Å². The van der Waals surface area contributed by atoms with Crippen LogP contribution in [0.5, 0.6) is 5.75 Å². The standard InChI is InChI=1S/C23H21N3O4/c1-29-22-17(23(28)24-20(13-27)16-5-3-2-4-6-16)8-10-19-21(22)18(25-26-19)9-7-15-11-12-30-14-15/h2-12,14,20,27H,13H2,1H3,(H,24,28)(H,25,26)/t20-/m1/s1. The quantitative estimate of drug-likeness (QED) is 0.436. The minimum Gasteiger partial charge on any atom is -0.495 e. The smallest absolute Gasteiger partial charge is 0.255 e. The lowest BCUT2D eigenvalue weighted by Gasteiger charge is -2.18. The molecule has 4 rings (SSSR count). The molecule has 152 valence electrons. The number of aromatic amines is 1. The molecule has 30 heavy (non-hydrogen) atoms. The van der Waals surface area contributed by atoms with Gasteiger partial charge in [-0.1, -0.05) is 30.3 Å². The van der Waals surface area contributed by atoms with Gasteiger partial charge in [0.05, 0.1) is 54.4 Å². The van der Waals surface area contributed by atoms with Gasteiger partial charge in [0.2, 0.25) is 0 Å². The highest BCUT2D eigenvalue weighted by Crippen LogP contribution is 2.32. The van der Waals surface area contributed by atoms with E-state index in [9.17, 15) is 9.90 Å². The maximum absolute atomic E-state index is 13.0. The van der Waals surface area contributed by atoms with E-state index in [4.69, 9.17) is 9.15 Å². The van der Waals surface area contributed by atoms with Crippen molar-refractivity contribution in [1.29, 1.82) is 0 Å². The molecule has 1 atom stereocenters. The van der Waals surface area contributed by atoms with E-state index in [2.05, 4.69) is 15.5 Å². The molecule has 0 spiro atoms. The molecule has 0 unspecified atom stereocenters. The van der Waals surface area contributed by atoms with E-state index >= 15 is 0 Å². The van der Waals surface area contributed by atoms with Crippen molar-refractivity contribution < 1.29 is 19.1 Å². The van der Waals surface area contributed by atoms with Crippen molar-refractivity contribution in [2.75, 3.05) is 13.7 Å². The molecule has 0 aliphatic carbocycles.